The molecule has 0 spiro atoms. The summed E-state index contributed by atoms with van der Waals surface area (Å²) >= 11 is 0. The molecule has 3 nitrogen and oxygen atoms in total. The van der Waals surface area contributed by atoms with Gasteiger partial charge in [0.25, 0.3) is 5.91 Å². The fourth-order valence-corrected chi connectivity index (χ4v) is 3.73. The zero-order valence-electron chi connectivity index (χ0n) is 14.0. The summed E-state index contributed by atoms with van der Waals surface area (Å²) in [5.41, 5.74) is 4.45. The number of aryl methyl sites for hydroxylation is 1. The van der Waals surface area contributed by atoms with Crippen molar-refractivity contribution in [3.8, 4) is 0 Å². The number of benzene rings is 2. The third-order valence-corrected chi connectivity index (χ3v) is 5.07. The van der Waals surface area contributed by atoms with E-state index < -0.39 is 0 Å². The average Bonchev–Trinajstić information content (AvgIpc) is 3.23. The van der Waals surface area contributed by atoms with Crippen LogP contribution in [0.5, 0.6) is 0 Å². The quantitative estimate of drug-likeness (QED) is 0.767. The summed E-state index contributed by atoms with van der Waals surface area (Å²) in [7, 11) is 0. The molecule has 1 aliphatic rings. The molecule has 3 aromatic rings. The molecule has 0 saturated carbocycles. The first-order chi connectivity index (χ1) is 11.7. The molecule has 0 aliphatic carbocycles. The SMILES string of the molecule is Cc1ccc(C(=O)N2CCCC2Cc2c[nH]c3ccccc23)cc1. The first kappa shape index (κ1) is 15.0. The van der Waals surface area contributed by atoms with Gasteiger partial charge in [-0.3, -0.25) is 4.79 Å². The van der Waals surface area contributed by atoms with Crippen molar-refractivity contribution in [2.45, 2.75) is 32.2 Å². The maximum Gasteiger partial charge on any atom is 0.254 e. The molecule has 1 amide bonds. The van der Waals surface area contributed by atoms with Crippen molar-refractivity contribution in [3.63, 3.8) is 0 Å². The number of rotatable bonds is 3. The van der Waals surface area contributed by atoms with Crippen LogP contribution in [0.25, 0.3) is 10.9 Å². The van der Waals surface area contributed by atoms with E-state index >= 15 is 0 Å². The minimum atomic E-state index is 0.164. The Labute approximate surface area is 142 Å². The first-order valence-electron chi connectivity index (χ1n) is 8.65. The van der Waals surface area contributed by atoms with Gasteiger partial charge in [0, 0.05) is 35.2 Å². The Morgan fingerprint density at radius 1 is 1.17 bits per heavy atom. The van der Waals surface area contributed by atoms with E-state index in [9.17, 15) is 4.79 Å². The van der Waals surface area contributed by atoms with E-state index in [-0.39, 0.29) is 11.9 Å². The van der Waals surface area contributed by atoms with Gasteiger partial charge in [-0.05, 0) is 49.9 Å². The highest BCUT2D eigenvalue weighted by atomic mass is 16.2. The third-order valence-electron chi connectivity index (χ3n) is 5.07. The molecule has 1 atom stereocenters. The number of nitrogens with one attached hydrogen (secondary N) is 1. The van der Waals surface area contributed by atoms with E-state index in [0.717, 1.165) is 31.4 Å². The zero-order valence-corrected chi connectivity index (χ0v) is 14.0. The molecule has 1 N–H and O–H groups in total. The number of amides is 1. The van der Waals surface area contributed by atoms with Gasteiger partial charge in [-0.25, -0.2) is 0 Å². The number of carbonyl (C=O) groups excluding carboxylic acids is 1. The zero-order chi connectivity index (χ0) is 16.5. The molecule has 4 rings (SSSR count). The van der Waals surface area contributed by atoms with Gasteiger partial charge in [-0.2, -0.15) is 0 Å². The highest BCUT2D eigenvalue weighted by Gasteiger charge is 2.29. The lowest BCUT2D eigenvalue weighted by Gasteiger charge is -2.25. The molecule has 0 radical (unpaired) electrons. The largest absolute Gasteiger partial charge is 0.361 e. The van der Waals surface area contributed by atoms with Gasteiger partial charge in [-0.15, -0.1) is 0 Å². The smallest absolute Gasteiger partial charge is 0.254 e. The molecule has 24 heavy (non-hydrogen) atoms. The van der Waals surface area contributed by atoms with Crippen LogP contribution in [0.1, 0.15) is 34.3 Å². The van der Waals surface area contributed by atoms with Gasteiger partial charge in [0.05, 0.1) is 0 Å². The Balaban J connectivity index is 1.56. The van der Waals surface area contributed by atoms with Crippen molar-refractivity contribution in [1.29, 1.82) is 0 Å². The van der Waals surface area contributed by atoms with Crippen LogP contribution in [0, 0.1) is 6.92 Å². The van der Waals surface area contributed by atoms with Gasteiger partial charge in [0.15, 0.2) is 0 Å². The number of para-hydroxylation sites is 1. The van der Waals surface area contributed by atoms with Crippen LogP contribution in [0.3, 0.4) is 0 Å². The fraction of sp³-hybridized carbons (Fsp3) is 0.286. The van der Waals surface area contributed by atoms with Crippen molar-refractivity contribution in [1.82, 2.24) is 9.88 Å². The number of H-pyrrole nitrogens is 1. The van der Waals surface area contributed by atoms with Crippen LogP contribution < -0.4 is 0 Å². The number of carbonyl (C=O) groups is 1. The van der Waals surface area contributed by atoms with E-state index in [1.807, 2.05) is 37.3 Å². The van der Waals surface area contributed by atoms with Crippen LogP contribution >= 0.6 is 0 Å². The monoisotopic (exact) mass is 318 g/mol. The molecule has 1 fully saturated rings. The number of likely N-dealkylation sites (tertiary alicyclic amines) is 1. The molecule has 1 aromatic heterocycles. The Kier molecular flexibility index (Phi) is 3.85. The summed E-state index contributed by atoms with van der Waals surface area (Å²) in [5.74, 6) is 0.164. The van der Waals surface area contributed by atoms with Gasteiger partial charge >= 0.3 is 0 Å². The molecule has 122 valence electrons. The predicted octanol–water partition coefficient (Wildman–Crippen LogP) is 4.32. The molecule has 1 aliphatic heterocycles. The predicted molar refractivity (Wildman–Crippen MR) is 97.2 cm³/mol. The van der Waals surface area contributed by atoms with Crippen molar-refractivity contribution in [2.24, 2.45) is 0 Å². The Morgan fingerprint density at radius 2 is 1.96 bits per heavy atom. The van der Waals surface area contributed by atoms with Crippen LogP contribution in [-0.2, 0) is 6.42 Å². The summed E-state index contributed by atoms with van der Waals surface area (Å²) < 4.78 is 0. The van der Waals surface area contributed by atoms with Crippen molar-refractivity contribution >= 4 is 16.8 Å². The number of nitrogens with zero attached hydrogens (tertiary/aromatic N) is 1. The maximum atomic E-state index is 12.9. The van der Waals surface area contributed by atoms with Crippen LogP contribution in [0.2, 0.25) is 0 Å². The highest BCUT2D eigenvalue weighted by Crippen LogP contribution is 2.26. The van der Waals surface area contributed by atoms with Crippen LogP contribution in [0.4, 0.5) is 0 Å². The molecule has 2 heterocycles. The number of aromatic nitrogens is 1. The normalized spacial score (nSPS) is 17.5. The summed E-state index contributed by atoms with van der Waals surface area (Å²) in [5, 5.41) is 1.27. The lowest BCUT2D eigenvalue weighted by molar-refractivity contribution is 0.0736. The Bertz CT molecular complexity index is 863. The highest BCUT2D eigenvalue weighted by molar-refractivity contribution is 5.94. The molecule has 1 unspecified atom stereocenters. The van der Waals surface area contributed by atoms with E-state index in [1.165, 1.54) is 22.0 Å². The minimum absolute atomic E-state index is 0.164. The second-order valence-corrected chi connectivity index (χ2v) is 6.72. The topological polar surface area (TPSA) is 36.1 Å². The Hall–Kier alpha value is -2.55. The van der Waals surface area contributed by atoms with E-state index in [1.54, 1.807) is 0 Å². The van der Waals surface area contributed by atoms with Crippen molar-refractivity contribution in [2.75, 3.05) is 6.54 Å². The number of aromatic amines is 1. The fourth-order valence-electron chi connectivity index (χ4n) is 3.73. The van der Waals surface area contributed by atoms with Crippen LogP contribution in [-0.4, -0.2) is 28.4 Å². The first-order valence-corrected chi connectivity index (χ1v) is 8.65. The van der Waals surface area contributed by atoms with Gasteiger partial charge in [0.1, 0.15) is 0 Å². The molecule has 2 aromatic carbocycles. The standard InChI is InChI=1S/C21H22N2O/c1-15-8-10-16(11-9-15)21(24)23-12-4-5-18(23)13-17-14-22-20-7-3-2-6-19(17)20/h2-3,6-11,14,18,22H,4-5,12-13H2,1H3. The molecular weight excluding hydrogens is 296 g/mol. The van der Waals surface area contributed by atoms with Crippen molar-refractivity contribution < 1.29 is 4.79 Å². The molecule has 1 saturated heterocycles. The van der Waals surface area contributed by atoms with E-state index in [4.69, 9.17) is 0 Å². The van der Waals surface area contributed by atoms with E-state index in [0.29, 0.717) is 0 Å². The van der Waals surface area contributed by atoms with Gasteiger partial charge in [-0.1, -0.05) is 35.9 Å². The maximum absolute atomic E-state index is 12.9. The summed E-state index contributed by atoms with van der Waals surface area (Å²) in [6.45, 7) is 2.91. The lowest BCUT2D eigenvalue weighted by atomic mass is 10.0. The van der Waals surface area contributed by atoms with Gasteiger partial charge in [0.2, 0.25) is 0 Å². The van der Waals surface area contributed by atoms with Crippen LogP contribution in [0.15, 0.2) is 54.7 Å². The summed E-state index contributed by atoms with van der Waals surface area (Å²) in [6.07, 6.45) is 5.18. The second-order valence-electron chi connectivity index (χ2n) is 6.72. The molecule has 0 bridgehead atoms. The number of hydrogen-bond donors (Lipinski definition) is 1. The second kappa shape index (κ2) is 6.16. The summed E-state index contributed by atoms with van der Waals surface area (Å²) in [4.78, 5) is 18.3. The minimum Gasteiger partial charge on any atom is -0.361 e. The lowest BCUT2D eigenvalue weighted by Crippen LogP contribution is -2.36. The molecular formula is C21H22N2O. The number of fused-ring (bicyclic) bond motifs is 1. The average molecular weight is 318 g/mol. The molecule has 3 heteroatoms. The number of hydrogen-bond acceptors (Lipinski definition) is 1. The van der Waals surface area contributed by atoms with Crippen molar-refractivity contribution in [3.05, 3.63) is 71.4 Å². The summed E-state index contributed by atoms with van der Waals surface area (Å²) in [6, 6.07) is 16.6. The van der Waals surface area contributed by atoms with Gasteiger partial charge < -0.3 is 9.88 Å². The Morgan fingerprint density at radius 3 is 2.79 bits per heavy atom. The third kappa shape index (κ3) is 2.71. The van der Waals surface area contributed by atoms with E-state index in [2.05, 4.69) is 34.3 Å².